The molecular formula is C10H11NO6. The lowest BCUT2D eigenvalue weighted by molar-refractivity contribution is -0.139. The summed E-state index contributed by atoms with van der Waals surface area (Å²) >= 11 is 0. The fourth-order valence-corrected chi connectivity index (χ4v) is 1.12. The first kappa shape index (κ1) is 12.9. The fourth-order valence-electron chi connectivity index (χ4n) is 1.12. The molecule has 7 heteroatoms. The number of aliphatic carboxylic acids is 1. The van der Waals surface area contributed by atoms with Crippen molar-refractivity contribution in [2.45, 2.75) is 12.5 Å². The Kier molecular flexibility index (Phi) is 4.41. The van der Waals surface area contributed by atoms with Gasteiger partial charge in [-0.2, -0.15) is 0 Å². The van der Waals surface area contributed by atoms with Gasteiger partial charge >= 0.3 is 11.6 Å². The molecule has 1 heterocycles. The van der Waals surface area contributed by atoms with Crippen LogP contribution >= 0.6 is 0 Å². The van der Waals surface area contributed by atoms with Gasteiger partial charge in [-0.1, -0.05) is 0 Å². The summed E-state index contributed by atoms with van der Waals surface area (Å²) in [6.45, 7) is -0.360. The number of rotatable bonds is 5. The van der Waals surface area contributed by atoms with E-state index in [1.165, 1.54) is 6.07 Å². The standard InChI is InChI=1S/C10H11NO6/c12-4-3-7(10(15)16)11-9(14)6-1-2-8(13)17-5-6/h1-2,5,7,12H,3-4H2,(H,11,14)(H,15,16)/t7-/m1/s1. The van der Waals surface area contributed by atoms with Gasteiger partial charge < -0.3 is 19.9 Å². The van der Waals surface area contributed by atoms with Crippen molar-refractivity contribution in [3.05, 3.63) is 34.4 Å². The van der Waals surface area contributed by atoms with Gasteiger partial charge in [-0.15, -0.1) is 0 Å². The molecule has 1 rings (SSSR count). The highest BCUT2D eigenvalue weighted by Crippen LogP contribution is 1.98. The maximum absolute atomic E-state index is 11.5. The van der Waals surface area contributed by atoms with Crippen LogP contribution in [-0.4, -0.2) is 34.7 Å². The second kappa shape index (κ2) is 5.80. The van der Waals surface area contributed by atoms with E-state index in [9.17, 15) is 14.4 Å². The topological polar surface area (TPSA) is 117 Å². The highest BCUT2D eigenvalue weighted by molar-refractivity contribution is 5.96. The lowest BCUT2D eigenvalue weighted by atomic mass is 10.2. The van der Waals surface area contributed by atoms with E-state index in [1.807, 2.05) is 0 Å². The molecule has 0 bridgehead atoms. The third-order valence-corrected chi connectivity index (χ3v) is 1.98. The molecule has 1 atom stereocenters. The fraction of sp³-hybridized carbons (Fsp3) is 0.300. The number of carboxylic acids is 1. The van der Waals surface area contributed by atoms with E-state index in [2.05, 4.69) is 9.73 Å². The molecule has 17 heavy (non-hydrogen) atoms. The van der Waals surface area contributed by atoms with Gasteiger partial charge in [0.2, 0.25) is 0 Å². The molecular weight excluding hydrogens is 230 g/mol. The zero-order valence-corrected chi connectivity index (χ0v) is 8.75. The van der Waals surface area contributed by atoms with E-state index in [0.717, 1.165) is 12.3 Å². The van der Waals surface area contributed by atoms with Crippen LogP contribution in [0.1, 0.15) is 16.8 Å². The SMILES string of the molecule is O=C(N[C@H](CCO)C(=O)O)c1ccc(=O)oc1. The lowest BCUT2D eigenvalue weighted by Gasteiger charge is -2.12. The Balaban J connectivity index is 2.73. The minimum absolute atomic E-state index is 0.0359. The number of aliphatic hydroxyl groups excluding tert-OH is 1. The Morgan fingerprint density at radius 3 is 2.59 bits per heavy atom. The maximum Gasteiger partial charge on any atom is 0.335 e. The van der Waals surface area contributed by atoms with Crippen molar-refractivity contribution >= 4 is 11.9 Å². The van der Waals surface area contributed by atoms with Crippen molar-refractivity contribution in [2.24, 2.45) is 0 Å². The van der Waals surface area contributed by atoms with Gasteiger partial charge in [-0.3, -0.25) is 4.79 Å². The monoisotopic (exact) mass is 241 g/mol. The van der Waals surface area contributed by atoms with Crippen LogP contribution in [0.15, 0.2) is 27.6 Å². The van der Waals surface area contributed by atoms with E-state index in [1.54, 1.807) is 0 Å². The van der Waals surface area contributed by atoms with Gasteiger partial charge in [-0.25, -0.2) is 9.59 Å². The molecule has 1 aromatic heterocycles. The normalized spacial score (nSPS) is 11.8. The zero-order valence-electron chi connectivity index (χ0n) is 8.75. The number of carbonyl (C=O) groups is 2. The Morgan fingerprint density at radius 1 is 1.41 bits per heavy atom. The molecule has 0 unspecified atom stereocenters. The molecule has 0 aliphatic carbocycles. The molecule has 0 saturated heterocycles. The number of amides is 1. The van der Waals surface area contributed by atoms with Crippen LogP contribution in [0.5, 0.6) is 0 Å². The number of hydrogen-bond acceptors (Lipinski definition) is 5. The van der Waals surface area contributed by atoms with E-state index in [4.69, 9.17) is 10.2 Å². The summed E-state index contributed by atoms with van der Waals surface area (Å²) in [6.07, 6.45) is 0.841. The third-order valence-electron chi connectivity index (χ3n) is 1.98. The van der Waals surface area contributed by atoms with Crippen molar-refractivity contribution in [1.29, 1.82) is 0 Å². The average Bonchev–Trinajstić information content (AvgIpc) is 2.29. The molecule has 1 aromatic rings. The summed E-state index contributed by atoms with van der Waals surface area (Å²) < 4.78 is 4.47. The summed E-state index contributed by atoms with van der Waals surface area (Å²) in [5.41, 5.74) is -0.569. The van der Waals surface area contributed by atoms with Crippen molar-refractivity contribution < 1.29 is 24.2 Å². The summed E-state index contributed by atoms with van der Waals surface area (Å²) in [5.74, 6) is -1.93. The first-order valence-corrected chi connectivity index (χ1v) is 4.78. The molecule has 7 nitrogen and oxygen atoms in total. The second-order valence-corrected chi connectivity index (χ2v) is 3.22. The van der Waals surface area contributed by atoms with Crippen molar-refractivity contribution in [3.63, 3.8) is 0 Å². The van der Waals surface area contributed by atoms with Crippen molar-refractivity contribution in [3.8, 4) is 0 Å². The predicted octanol–water partition coefficient (Wildman–Crippen LogP) is -0.795. The first-order valence-electron chi connectivity index (χ1n) is 4.78. The van der Waals surface area contributed by atoms with E-state index >= 15 is 0 Å². The first-order chi connectivity index (χ1) is 8.04. The van der Waals surface area contributed by atoms with Gasteiger partial charge in [0.05, 0.1) is 5.56 Å². The van der Waals surface area contributed by atoms with Gasteiger partial charge in [0.25, 0.3) is 5.91 Å². The maximum atomic E-state index is 11.5. The molecule has 0 spiro atoms. The molecule has 1 amide bonds. The van der Waals surface area contributed by atoms with Gasteiger partial charge in [0.15, 0.2) is 0 Å². The quantitative estimate of drug-likeness (QED) is 0.621. The number of nitrogens with one attached hydrogen (secondary N) is 1. The molecule has 92 valence electrons. The van der Waals surface area contributed by atoms with Crippen LogP contribution < -0.4 is 10.9 Å². The molecule has 0 aliphatic heterocycles. The van der Waals surface area contributed by atoms with Crippen molar-refractivity contribution in [2.75, 3.05) is 6.61 Å². The average molecular weight is 241 g/mol. The summed E-state index contributed by atoms with van der Waals surface area (Å²) in [7, 11) is 0. The minimum atomic E-state index is -1.25. The van der Waals surface area contributed by atoms with E-state index < -0.39 is 23.5 Å². The smallest absolute Gasteiger partial charge is 0.335 e. The summed E-state index contributed by atoms with van der Waals surface area (Å²) in [4.78, 5) is 32.9. The van der Waals surface area contributed by atoms with Gasteiger partial charge in [0, 0.05) is 19.1 Å². The molecule has 0 aromatic carbocycles. The van der Waals surface area contributed by atoms with E-state index in [-0.39, 0.29) is 18.6 Å². The Labute approximate surface area is 95.7 Å². The highest BCUT2D eigenvalue weighted by atomic mass is 16.4. The van der Waals surface area contributed by atoms with Crippen LogP contribution in [-0.2, 0) is 4.79 Å². The predicted molar refractivity (Wildman–Crippen MR) is 55.6 cm³/mol. The Morgan fingerprint density at radius 2 is 2.12 bits per heavy atom. The largest absolute Gasteiger partial charge is 0.480 e. The van der Waals surface area contributed by atoms with Crippen LogP contribution in [0.4, 0.5) is 0 Å². The van der Waals surface area contributed by atoms with Gasteiger partial charge in [-0.05, 0) is 6.07 Å². The zero-order chi connectivity index (χ0) is 12.8. The molecule has 0 aliphatic rings. The lowest BCUT2D eigenvalue weighted by Crippen LogP contribution is -2.41. The molecule has 0 fully saturated rings. The number of carboxylic acid groups (broad SMARTS) is 1. The van der Waals surface area contributed by atoms with Crippen LogP contribution in [0.25, 0.3) is 0 Å². The third kappa shape index (κ3) is 3.72. The van der Waals surface area contributed by atoms with Crippen LogP contribution in [0.2, 0.25) is 0 Å². The van der Waals surface area contributed by atoms with E-state index in [0.29, 0.717) is 0 Å². The summed E-state index contributed by atoms with van der Waals surface area (Å²) in [5, 5.41) is 19.6. The Bertz CT molecular complexity index is 446. The Hall–Kier alpha value is -2.15. The minimum Gasteiger partial charge on any atom is -0.480 e. The van der Waals surface area contributed by atoms with Crippen LogP contribution in [0, 0.1) is 0 Å². The number of carbonyl (C=O) groups excluding carboxylic acids is 1. The molecule has 0 saturated carbocycles. The van der Waals surface area contributed by atoms with Gasteiger partial charge in [0.1, 0.15) is 12.3 Å². The number of hydrogen-bond donors (Lipinski definition) is 3. The van der Waals surface area contributed by atoms with Crippen molar-refractivity contribution in [1.82, 2.24) is 5.32 Å². The molecule has 3 N–H and O–H groups in total. The summed E-state index contributed by atoms with van der Waals surface area (Å²) in [6, 6.07) is 1.09. The molecule has 0 radical (unpaired) electrons. The van der Waals surface area contributed by atoms with Crippen LogP contribution in [0.3, 0.4) is 0 Å². The number of aliphatic hydroxyl groups is 1. The highest BCUT2D eigenvalue weighted by Gasteiger charge is 2.20. The second-order valence-electron chi connectivity index (χ2n) is 3.22.